The van der Waals surface area contributed by atoms with Crippen LogP contribution in [0.25, 0.3) is 0 Å². The van der Waals surface area contributed by atoms with Crippen LogP contribution in [0.4, 0.5) is 0 Å². The Morgan fingerprint density at radius 1 is 1.38 bits per heavy atom. The van der Waals surface area contributed by atoms with Crippen LogP contribution in [0, 0.1) is 0 Å². The number of hydrogen-bond donors (Lipinski definition) is 0. The highest BCUT2D eigenvalue weighted by Crippen LogP contribution is 2.17. The van der Waals surface area contributed by atoms with E-state index in [1.807, 2.05) is 4.90 Å². The lowest BCUT2D eigenvalue weighted by Crippen LogP contribution is -2.30. The van der Waals surface area contributed by atoms with Gasteiger partial charge in [0.05, 0.1) is 11.0 Å². The Labute approximate surface area is 129 Å². The number of ether oxygens (including phenoxy) is 1. The third-order valence-corrected chi connectivity index (χ3v) is 5.03. The van der Waals surface area contributed by atoms with E-state index in [1.165, 1.54) is 12.1 Å². The van der Waals surface area contributed by atoms with Crippen LogP contribution >= 0.6 is 10.7 Å². The molecule has 0 N–H and O–H groups in total. The minimum Gasteiger partial charge on any atom is -0.380 e. The lowest BCUT2D eigenvalue weighted by atomic mass is 10.1. The van der Waals surface area contributed by atoms with Gasteiger partial charge in [0.15, 0.2) is 0 Å². The third-order valence-electron chi connectivity index (χ3n) is 3.66. The number of likely N-dealkylation sites (tertiary alicyclic amines) is 1. The van der Waals surface area contributed by atoms with Gasteiger partial charge in [-0.2, -0.15) is 0 Å². The van der Waals surface area contributed by atoms with E-state index in [9.17, 15) is 13.2 Å². The number of benzene rings is 1. The maximum atomic E-state index is 12.1. The van der Waals surface area contributed by atoms with Gasteiger partial charge in [0.2, 0.25) is 5.91 Å². The average molecular weight is 332 g/mol. The number of carbonyl (C=O) groups excluding carboxylic acids is 1. The van der Waals surface area contributed by atoms with Crippen molar-refractivity contribution in [3.05, 3.63) is 29.8 Å². The first-order valence-corrected chi connectivity index (χ1v) is 9.05. The van der Waals surface area contributed by atoms with E-state index < -0.39 is 9.05 Å². The highest BCUT2D eigenvalue weighted by Gasteiger charge is 2.25. The van der Waals surface area contributed by atoms with Gasteiger partial charge in [-0.25, -0.2) is 8.42 Å². The molecule has 1 aliphatic heterocycles. The summed E-state index contributed by atoms with van der Waals surface area (Å²) in [5.74, 6) is 0.101. The summed E-state index contributed by atoms with van der Waals surface area (Å²) in [4.78, 5) is 13.9. The van der Waals surface area contributed by atoms with Gasteiger partial charge in [0.25, 0.3) is 9.05 Å². The predicted molar refractivity (Wildman–Crippen MR) is 79.8 cm³/mol. The molecule has 5 nitrogen and oxygen atoms in total. The van der Waals surface area contributed by atoms with Crippen molar-refractivity contribution < 1.29 is 17.9 Å². The quantitative estimate of drug-likeness (QED) is 0.772. The van der Waals surface area contributed by atoms with Crippen molar-refractivity contribution in [1.29, 1.82) is 0 Å². The Bertz CT molecular complexity index is 600. The maximum Gasteiger partial charge on any atom is 0.261 e. The van der Waals surface area contributed by atoms with Gasteiger partial charge in [-0.15, -0.1) is 0 Å². The Kier molecular flexibility index (Phi) is 5.24. The summed E-state index contributed by atoms with van der Waals surface area (Å²) in [6.45, 7) is 1.39. The molecule has 0 aliphatic carbocycles. The number of halogens is 1. The predicted octanol–water partition coefficient (Wildman–Crippen LogP) is 1.79. The van der Waals surface area contributed by atoms with E-state index in [2.05, 4.69) is 0 Å². The molecule has 0 aromatic heterocycles. The van der Waals surface area contributed by atoms with Gasteiger partial charge >= 0.3 is 0 Å². The topological polar surface area (TPSA) is 63.7 Å². The molecule has 0 radical (unpaired) electrons. The summed E-state index contributed by atoms with van der Waals surface area (Å²) in [6, 6.07) is 6.28. The van der Waals surface area contributed by atoms with E-state index in [-0.39, 0.29) is 16.9 Å². The van der Waals surface area contributed by atoms with Crippen molar-refractivity contribution >= 4 is 25.6 Å². The van der Waals surface area contributed by atoms with Crippen LogP contribution in [0.1, 0.15) is 18.4 Å². The molecule has 7 heteroatoms. The van der Waals surface area contributed by atoms with E-state index in [1.54, 1.807) is 19.2 Å². The summed E-state index contributed by atoms with van der Waals surface area (Å²) >= 11 is 0. The minimum absolute atomic E-state index is 0.0710. The van der Waals surface area contributed by atoms with Crippen LogP contribution < -0.4 is 0 Å². The molecular weight excluding hydrogens is 314 g/mol. The number of methoxy groups -OCH3 is 1. The van der Waals surface area contributed by atoms with Gasteiger partial charge < -0.3 is 9.64 Å². The zero-order valence-electron chi connectivity index (χ0n) is 11.8. The molecule has 1 fully saturated rings. The van der Waals surface area contributed by atoms with Crippen molar-refractivity contribution in [3.8, 4) is 0 Å². The van der Waals surface area contributed by atoms with Gasteiger partial charge in [0, 0.05) is 37.3 Å². The molecular formula is C14H18ClNO4S. The van der Waals surface area contributed by atoms with E-state index in [0.717, 1.165) is 18.5 Å². The first-order chi connectivity index (χ1) is 9.90. The van der Waals surface area contributed by atoms with Crippen LogP contribution in [0.3, 0.4) is 0 Å². The molecule has 0 saturated carbocycles. The van der Waals surface area contributed by atoms with Crippen LogP contribution in [-0.4, -0.2) is 45.5 Å². The second-order valence-electron chi connectivity index (χ2n) is 5.07. The lowest BCUT2D eigenvalue weighted by molar-refractivity contribution is -0.130. The van der Waals surface area contributed by atoms with Crippen LogP contribution in [0.5, 0.6) is 0 Å². The van der Waals surface area contributed by atoms with Crippen molar-refractivity contribution in [1.82, 2.24) is 4.90 Å². The van der Waals surface area contributed by atoms with Crippen molar-refractivity contribution in [2.75, 3.05) is 20.2 Å². The fourth-order valence-electron chi connectivity index (χ4n) is 2.38. The molecule has 1 atom stereocenters. The van der Waals surface area contributed by atoms with Gasteiger partial charge in [-0.1, -0.05) is 12.1 Å². The van der Waals surface area contributed by atoms with Crippen LogP contribution in [-0.2, 0) is 25.0 Å². The molecule has 0 bridgehead atoms. The molecule has 0 spiro atoms. The second-order valence-corrected chi connectivity index (χ2v) is 7.63. The Hall–Kier alpha value is -1.11. The third kappa shape index (κ3) is 4.43. The van der Waals surface area contributed by atoms with Crippen LogP contribution in [0.15, 0.2) is 29.2 Å². The number of hydrogen-bond acceptors (Lipinski definition) is 4. The first kappa shape index (κ1) is 16.3. The Balaban J connectivity index is 1.87. The average Bonchev–Trinajstić information content (AvgIpc) is 2.93. The molecule has 1 saturated heterocycles. The summed E-state index contributed by atoms with van der Waals surface area (Å²) < 4.78 is 27.5. The van der Waals surface area contributed by atoms with Crippen molar-refractivity contribution in [2.45, 2.75) is 30.3 Å². The molecule has 21 heavy (non-hydrogen) atoms. The number of rotatable bonds is 5. The molecule has 1 aliphatic rings. The van der Waals surface area contributed by atoms with E-state index in [0.29, 0.717) is 19.4 Å². The summed E-state index contributed by atoms with van der Waals surface area (Å²) in [6.07, 6.45) is 2.01. The maximum absolute atomic E-state index is 12.1. The van der Waals surface area contributed by atoms with Gasteiger partial charge in [-0.3, -0.25) is 4.79 Å². The molecule has 2 rings (SSSR count). The smallest absolute Gasteiger partial charge is 0.261 e. The van der Waals surface area contributed by atoms with Crippen LogP contribution in [0.2, 0.25) is 0 Å². The first-order valence-electron chi connectivity index (χ1n) is 6.74. The zero-order chi connectivity index (χ0) is 15.5. The molecule has 1 heterocycles. The highest BCUT2D eigenvalue weighted by molar-refractivity contribution is 8.13. The molecule has 1 aromatic carbocycles. The number of nitrogens with zero attached hydrogens (tertiary/aromatic N) is 1. The van der Waals surface area contributed by atoms with Gasteiger partial charge in [0.1, 0.15) is 0 Å². The summed E-state index contributed by atoms with van der Waals surface area (Å²) in [5.41, 5.74) is 0.912. The number of carbonyl (C=O) groups is 1. The van der Waals surface area contributed by atoms with E-state index in [4.69, 9.17) is 15.4 Å². The van der Waals surface area contributed by atoms with E-state index >= 15 is 0 Å². The summed E-state index contributed by atoms with van der Waals surface area (Å²) in [7, 11) is 3.22. The molecule has 1 unspecified atom stereocenters. The molecule has 1 aromatic rings. The molecule has 1 amide bonds. The Morgan fingerprint density at radius 2 is 2.05 bits per heavy atom. The largest absolute Gasteiger partial charge is 0.380 e. The standard InChI is InChI=1S/C14H18ClNO4S/c1-20-12-8-9-16(10-12)14(17)7-4-11-2-5-13(6-3-11)21(15,18)19/h2-3,5-6,12H,4,7-10H2,1H3. The van der Waals surface area contributed by atoms with Gasteiger partial charge in [-0.05, 0) is 30.5 Å². The SMILES string of the molecule is COC1CCN(C(=O)CCc2ccc(S(=O)(=O)Cl)cc2)C1. The second kappa shape index (κ2) is 6.77. The minimum atomic E-state index is -3.69. The normalized spacial score (nSPS) is 19.0. The highest BCUT2D eigenvalue weighted by atomic mass is 35.7. The fraction of sp³-hybridized carbons (Fsp3) is 0.500. The Morgan fingerprint density at radius 3 is 2.57 bits per heavy atom. The molecule has 116 valence electrons. The zero-order valence-corrected chi connectivity index (χ0v) is 13.4. The monoisotopic (exact) mass is 331 g/mol. The number of aryl methyl sites for hydroxylation is 1. The van der Waals surface area contributed by atoms with Crippen molar-refractivity contribution in [3.63, 3.8) is 0 Å². The fourth-order valence-corrected chi connectivity index (χ4v) is 3.14. The van der Waals surface area contributed by atoms with Crippen molar-refractivity contribution in [2.24, 2.45) is 0 Å². The number of amides is 1. The summed E-state index contributed by atoms with van der Waals surface area (Å²) in [5, 5.41) is 0. The lowest BCUT2D eigenvalue weighted by Gasteiger charge is -2.16.